The number of aryl methyl sites for hydroxylation is 1. The molecule has 1 heterocycles. The first-order valence-corrected chi connectivity index (χ1v) is 15.1. The zero-order chi connectivity index (χ0) is 30.6. The molecule has 10 heteroatoms. The third kappa shape index (κ3) is 10.0. The number of hydrogen-bond acceptors (Lipinski definition) is 5. The van der Waals surface area contributed by atoms with E-state index in [1.165, 1.54) is 17.4 Å². The molecule has 0 bridgehead atoms. The molecule has 3 aromatic rings. The van der Waals surface area contributed by atoms with Crippen LogP contribution in [0.25, 0.3) is 0 Å². The summed E-state index contributed by atoms with van der Waals surface area (Å²) in [5.74, 6) is -2.43. The molecular weight excluding hydrogens is 560 g/mol. The summed E-state index contributed by atoms with van der Waals surface area (Å²) < 4.78 is 27.8. The molecular formula is C32H39F2N3O4S. The van der Waals surface area contributed by atoms with E-state index in [9.17, 15) is 28.3 Å². The molecule has 226 valence electrons. The van der Waals surface area contributed by atoms with Crippen molar-refractivity contribution in [3.8, 4) is 0 Å². The Morgan fingerprint density at radius 2 is 1.64 bits per heavy atom. The topological polar surface area (TPSA) is 98.7 Å². The normalized spacial score (nSPS) is 12.4. The zero-order valence-corrected chi connectivity index (χ0v) is 25.1. The van der Waals surface area contributed by atoms with Crippen LogP contribution in [0.2, 0.25) is 0 Å². The Labute approximate surface area is 249 Å². The van der Waals surface area contributed by atoms with Gasteiger partial charge in [0, 0.05) is 41.7 Å². The molecule has 0 radical (unpaired) electrons. The largest absolute Gasteiger partial charge is 0.391 e. The first-order valence-electron chi connectivity index (χ1n) is 14.2. The van der Waals surface area contributed by atoms with Crippen LogP contribution in [0.15, 0.2) is 53.9 Å². The third-order valence-electron chi connectivity index (χ3n) is 6.70. The number of nitrogens with one attached hydrogen (secondary N) is 2. The van der Waals surface area contributed by atoms with Crippen LogP contribution in [-0.2, 0) is 17.6 Å². The minimum absolute atomic E-state index is 0.0525. The molecule has 0 saturated carbocycles. The molecule has 0 aliphatic heterocycles. The van der Waals surface area contributed by atoms with Crippen molar-refractivity contribution in [2.45, 2.75) is 65.0 Å². The first kappa shape index (κ1) is 32.9. The number of benzene rings is 2. The summed E-state index contributed by atoms with van der Waals surface area (Å²) in [6, 6.07) is 10.8. The van der Waals surface area contributed by atoms with E-state index in [0.29, 0.717) is 18.7 Å². The van der Waals surface area contributed by atoms with E-state index in [1.54, 1.807) is 24.0 Å². The van der Waals surface area contributed by atoms with Gasteiger partial charge >= 0.3 is 0 Å². The smallest absolute Gasteiger partial charge is 0.253 e. The molecule has 3 N–H and O–H groups in total. The maximum absolute atomic E-state index is 13.9. The van der Waals surface area contributed by atoms with Gasteiger partial charge in [-0.15, -0.1) is 11.3 Å². The lowest BCUT2D eigenvalue weighted by molar-refractivity contribution is -0.120. The average molecular weight is 600 g/mol. The van der Waals surface area contributed by atoms with Crippen LogP contribution in [-0.4, -0.2) is 59.5 Å². The quantitative estimate of drug-likeness (QED) is 0.228. The Balaban J connectivity index is 1.76. The molecule has 7 nitrogen and oxygen atoms in total. The Kier molecular flexibility index (Phi) is 12.6. The molecule has 0 aliphatic rings. The number of aliphatic hydroxyl groups is 1. The minimum atomic E-state index is -1.14. The summed E-state index contributed by atoms with van der Waals surface area (Å²) in [5, 5.41) is 18.5. The number of hydrogen-bond donors (Lipinski definition) is 3. The van der Waals surface area contributed by atoms with Gasteiger partial charge in [-0.05, 0) is 85.5 Å². The van der Waals surface area contributed by atoms with Gasteiger partial charge in [-0.1, -0.05) is 19.9 Å². The van der Waals surface area contributed by atoms with Crippen LogP contribution in [0.4, 0.5) is 8.78 Å². The van der Waals surface area contributed by atoms with E-state index in [4.69, 9.17) is 0 Å². The van der Waals surface area contributed by atoms with Crippen molar-refractivity contribution in [2.75, 3.05) is 19.6 Å². The summed E-state index contributed by atoms with van der Waals surface area (Å²) in [5.41, 5.74) is 1.60. The number of halogens is 2. The summed E-state index contributed by atoms with van der Waals surface area (Å²) in [7, 11) is 0. The lowest BCUT2D eigenvalue weighted by Gasteiger charge is -2.25. The van der Waals surface area contributed by atoms with Gasteiger partial charge in [0.05, 0.1) is 18.6 Å². The fourth-order valence-corrected chi connectivity index (χ4v) is 5.49. The maximum Gasteiger partial charge on any atom is 0.253 e. The fraction of sp³-hybridized carbons (Fsp3) is 0.406. The number of aliphatic hydroxyl groups excluding tert-OH is 1. The highest BCUT2D eigenvalue weighted by Gasteiger charge is 2.24. The van der Waals surface area contributed by atoms with Crippen molar-refractivity contribution in [1.29, 1.82) is 0 Å². The van der Waals surface area contributed by atoms with E-state index in [2.05, 4.69) is 10.6 Å². The summed E-state index contributed by atoms with van der Waals surface area (Å²) in [6.07, 6.45) is 0.735. The van der Waals surface area contributed by atoms with E-state index >= 15 is 0 Å². The van der Waals surface area contributed by atoms with Crippen LogP contribution in [0, 0.1) is 18.6 Å². The SMILES string of the molecule is CCCN(CCC)C(=O)c1cc(C)cc(C(=O)N[C@@H](Cc2cc(F)cc(F)c2)[C@H](O)CCNC(=O)Cc2cccs2)c1. The predicted octanol–water partition coefficient (Wildman–Crippen LogP) is 5.05. The number of carbonyl (C=O) groups is 3. The van der Waals surface area contributed by atoms with Gasteiger partial charge in [-0.2, -0.15) is 0 Å². The van der Waals surface area contributed by atoms with Gasteiger partial charge in [-0.25, -0.2) is 8.78 Å². The molecule has 3 amide bonds. The van der Waals surface area contributed by atoms with Gasteiger partial charge in [0.2, 0.25) is 5.91 Å². The fourth-order valence-electron chi connectivity index (χ4n) is 4.79. The number of rotatable bonds is 15. The highest BCUT2D eigenvalue weighted by molar-refractivity contribution is 7.10. The predicted molar refractivity (Wildman–Crippen MR) is 161 cm³/mol. The average Bonchev–Trinajstić information content (AvgIpc) is 3.44. The lowest BCUT2D eigenvalue weighted by atomic mass is 9.97. The molecule has 0 unspecified atom stereocenters. The molecule has 2 aromatic carbocycles. The van der Waals surface area contributed by atoms with Crippen molar-refractivity contribution in [3.05, 3.63) is 92.7 Å². The molecule has 0 saturated heterocycles. The Morgan fingerprint density at radius 1 is 0.976 bits per heavy atom. The van der Waals surface area contributed by atoms with E-state index in [-0.39, 0.29) is 48.7 Å². The molecule has 3 rings (SSSR count). The van der Waals surface area contributed by atoms with Crippen molar-refractivity contribution in [1.82, 2.24) is 15.5 Å². The summed E-state index contributed by atoms with van der Waals surface area (Å²) >= 11 is 1.47. The highest BCUT2D eigenvalue weighted by atomic mass is 32.1. The second-order valence-electron chi connectivity index (χ2n) is 10.4. The molecule has 0 aliphatic carbocycles. The number of amides is 3. The zero-order valence-electron chi connectivity index (χ0n) is 24.3. The molecule has 1 aromatic heterocycles. The Morgan fingerprint density at radius 3 is 2.26 bits per heavy atom. The Bertz CT molecular complexity index is 1320. The van der Waals surface area contributed by atoms with Crippen molar-refractivity contribution >= 4 is 29.1 Å². The second-order valence-corrected chi connectivity index (χ2v) is 11.4. The van der Waals surface area contributed by atoms with Crippen LogP contribution in [0.5, 0.6) is 0 Å². The van der Waals surface area contributed by atoms with Gasteiger partial charge in [0.15, 0.2) is 0 Å². The number of thiophene rings is 1. The van der Waals surface area contributed by atoms with Crippen LogP contribution >= 0.6 is 11.3 Å². The third-order valence-corrected chi connectivity index (χ3v) is 7.57. The van der Waals surface area contributed by atoms with Gasteiger partial charge in [-0.3, -0.25) is 14.4 Å². The van der Waals surface area contributed by atoms with Gasteiger partial charge in [0.25, 0.3) is 11.8 Å². The van der Waals surface area contributed by atoms with Crippen molar-refractivity contribution < 1.29 is 28.3 Å². The monoisotopic (exact) mass is 599 g/mol. The standard InChI is InChI=1S/C32H39F2N3O4S/c1-4-10-37(11-5-2)32(41)24-14-21(3)13-23(18-24)31(40)36-28(17-22-15-25(33)19-26(34)16-22)29(38)8-9-35-30(39)20-27-7-6-12-42-27/h6-7,12-16,18-19,28-29,38H,4-5,8-11,17,20H2,1-3H3,(H,35,39)(H,36,40)/t28-,29+/m0/s1. The maximum atomic E-state index is 13.9. The first-order chi connectivity index (χ1) is 20.1. The number of nitrogens with zero attached hydrogens (tertiary/aromatic N) is 1. The summed E-state index contributed by atoms with van der Waals surface area (Å²) in [4.78, 5) is 41.6. The number of carbonyl (C=O) groups excluding carboxylic acids is 3. The van der Waals surface area contributed by atoms with E-state index in [0.717, 1.165) is 41.5 Å². The highest BCUT2D eigenvalue weighted by Crippen LogP contribution is 2.17. The van der Waals surface area contributed by atoms with E-state index in [1.807, 2.05) is 31.4 Å². The Hall–Kier alpha value is -3.63. The van der Waals surface area contributed by atoms with Crippen LogP contribution < -0.4 is 10.6 Å². The minimum Gasteiger partial charge on any atom is -0.391 e. The van der Waals surface area contributed by atoms with Gasteiger partial charge in [0.1, 0.15) is 11.6 Å². The van der Waals surface area contributed by atoms with Gasteiger partial charge < -0.3 is 20.6 Å². The van der Waals surface area contributed by atoms with E-state index < -0.39 is 29.7 Å². The summed E-state index contributed by atoms with van der Waals surface area (Å²) in [6.45, 7) is 7.13. The molecule has 0 fully saturated rings. The second kappa shape index (κ2) is 16.1. The van der Waals surface area contributed by atoms with Crippen molar-refractivity contribution in [3.63, 3.8) is 0 Å². The molecule has 0 spiro atoms. The lowest BCUT2D eigenvalue weighted by Crippen LogP contribution is -2.46. The van der Waals surface area contributed by atoms with Crippen molar-refractivity contribution in [2.24, 2.45) is 0 Å². The van der Waals surface area contributed by atoms with Crippen LogP contribution in [0.1, 0.15) is 69.8 Å². The molecule has 2 atom stereocenters. The van der Waals surface area contributed by atoms with Crippen LogP contribution in [0.3, 0.4) is 0 Å². The molecule has 42 heavy (non-hydrogen) atoms.